The van der Waals surface area contributed by atoms with Gasteiger partial charge in [0, 0.05) is 114 Å². The van der Waals surface area contributed by atoms with E-state index in [-0.39, 0.29) is 34.2 Å². The van der Waals surface area contributed by atoms with E-state index in [1.807, 2.05) is 17.5 Å². The molecule has 12 nitrogen and oxygen atoms in total. The molecule has 3 amide bonds. The van der Waals surface area contributed by atoms with E-state index in [1.54, 1.807) is 24.1 Å². The summed E-state index contributed by atoms with van der Waals surface area (Å²) in [5, 5.41) is 8.58. The van der Waals surface area contributed by atoms with E-state index >= 15 is 0 Å². The van der Waals surface area contributed by atoms with Gasteiger partial charge >= 0.3 is 0 Å². The number of benzene rings is 2. The zero-order valence-corrected chi connectivity index (χ0v) is 33.8. The quantitative estimate of drug-likeness (QED) is 0.188. The van der Waals surface area contributed by atoms with Gasteiger partial charge in [-0.05, 0) is 73.6 Å². The number of piperazine rings is 2. The van der Waals surface area contributed by atoms with E-state index in [0.717, 1.165) is 92.1 Å². The minimum atomic E-state index is -0.660. The number of halogens is 2. The van der Waals surface area contributed by atoms with Crippen molar-refractivity contribution in [1.29, 1.82) is 0 Å². The maximum Gasteiger partial charge on any atom is 0.256 e. The highest BCUT2D eigenvalue weighted by atomic mass is 35.5. The summed E-state index contributed by atoms with van der Waals surface area (Å²) < 4.78 is 14.7. The summed E-state index contributed by atoms with van der Waals surface area (Å²) in [5.41, 5.74) is 5.03. The number of hydrogen-bond acceptors (Lipinski definition) is 11. The summed E-state index contributed by atoms with van der Waals surface area (Å²) in [7, 11) is 0. The van der Waals surface area contributed by atoms with Gasteiger partial charge < -0.3 is 20.0 Å². The minimum Gasteiger partial charge on any atom is -0.372 e. The van der Waals surface area contributed by atoms with Crippen LogP contribution in [0.4, 0.5) is 26.7 Å². The Bertz CT molecular complexity index is 2060. The van der Waals surface area contributed by atoms with E-state index in [2.05, 4.69) is 59.5 Å². The number of imide groups is 1. The molecular formula is C42H49ClFN9O3S. The first-order chi connectivity index (χ1) is 27.6. The number of carbonyl (C=O) groups is 3. The van der Waals surface area contributed by atoms with Crippen molar-refractivity contribution in [3.8, 4) is 0 Å². The lowest BCUT2D eigenvalue weighted by atomic mass is 9.90. The second-order valence-electron chi connectivity index (χ2n) is 15.7. The van der Waals surface area contributed by atoms with Crippen LogP contribution in [0.5, 0.6) is 0 Å². The van der Waals surface area contributed by atoms with Gasteiger partial charge in [0.05, 0.1) is 22.2 Å². The molecule has 4 saturated heterocycles. The molecule has 0 radical (unpaired) electrons. The van der Waals surface area contributed by atoms with Crippen LogP contribution in [0, 0.1) is 18.7 Å². The standard InChI is InChI=1S/C42H49ClFN9O3S/c1-28-22-35(39(44)36(43)23-28)41(56)53-19-15-50(16-20-53)27-31-24-33(25-37(46-31)47-42-45-10-21-57-42)52-17-13-49(14-18-52)26-29-8-11-51(12-9-29)32-4-2-30(3-5-32)34-6-7-38(54)48-40(34)55/h2-5,10,21-25,29,34H,6-9,11-20,26-27H2,1H3,(H,45,46,47)(H,48,54,55)/t34-/m1/s1. The van der Waals surface area contributed by atoms with Crippen LogP contribution in [0.15, 0.2) is 60.1 Å². The highest BCUT2D eigenvalue weighted by molar-refractivity contribution is 7.13. The molecule has 2 N–H and O–H groups in total. The Labute approximate surface area is 342 Å². The summed E-state index contributed by atoms with van der Waals surface area (Å²) in [6, 6.07) is 15.8. The van der Waals surface area contributed by atoms with Gasteiger partial charge in [-0.1, -0.05) is 23.7 Å². The van der Waals surface area contributed by atoms with Crippen LogP contribution in [-0.2, 0) is 16.1 Å². The van der Waals surface area contributed by atoms with Gasteiger partial charge in [-0.25, -0.2) is 14.4 Å². The number of rotatable bonds is 10. The van der Waals surface area contributed by atoms with Gasteiger partial charge in [0.2, 0.25) is 11.8 Å². The Morgan fingerprint density at radius 2 is 1.61 bits per heavy atom. The molecular weight excluding hydrogens is 765 g/mol. The molecule has 8 rings (SSSR count). The second-order valence-corrected chi connectivity index (χ2v) is 17.0. The van der Waals surface area contributed by atoms with Crippen molar-refractivity contribution >= 4 is 63.0 Å². The molecule has 0 spiro atoms. The molecule has 2 aromatic carbocycles. The molecule has 4 aliphatic rings. The Balaban J connectivity index is 0.836. The average Bonchev–Trinajstić information content (AvgIpc) is 3.73. The van der Waals surface area contributed by atoms with Crippen LogP contribution in [0.25, 0.3) is 0 Å². The van der Waals surface area contributed by atoms with Gasteiger partial charge in [-0.2, -0.15) is 0 Å². The molecule has 2 aromatic heterocycles. The molecule has 0 aliphatic carbocycles. The van der Waals surface area contributed by atoms with Crippen molar-refractivity contribution in [2.45, 2.75) is 45.1 Å². The molecule has 4 fully saturated rings. The van der Waals surface area contributed by atoms with E-state index in [1.165, 1.54) is 23.1 Å². The maximum atomic E-state index is 14.7. The van der Waals surface area contributed by atoms with Crippen LogP contribution in [0.3, 0.4) is 0 Å². The summed E-state index contributed by atoms with van der Waals surface area (Å²) in [6.45, 7) is 11.7. The van der Waals surface area contributed by atoms with Crippen molar-refractivity contribution in [2.24, 2.45) is 5.92 Å². The number of anilines is 4. The number of thiazole rings is 1. The number of nitrogens with one attached hydrogen (secondary N) is 2. The molecule has 0 saturated carbocycles. The lowest BCUT2D eigenvalue weighted by Gasteiger charge is -2.40. The van der Waals surface area contributed by atoms with Crippen molar-refractivity contribution in [2.75, 3.05) is 87.1 Å². The number of amides is 3. The van der Waals surface area contributed by atoms with Crippen LogP contribution in [0.2, 0.25) is 5.02 Å². The lowest BCUT2D eigenvalue weighted by Crippen LogP contribution is -2.49. The zero-order valence-electron chi connectivity index (χ0n) is 32.3. The smallest absolute Gasteiger partial charge is 0.256 e. The third kappa shape index (κ3) is 9.41. The first-order valence-electron chi connectivity index (χ1n) is 20.0. The van der Waals surface area contributed by atoms with Crippen molar-refractivity contribution in [3.05, 3.63) is 93.3 Å². The third-order valence-electron chi connectivity index (χ3n) is 11.7. The van der Waals surface area contributed by atoms with E-state index in [4.69, 9.17) is 16.6 Å². The van der Waals surface area contributed by atoms with E-state index in [9.17, 15) is 18.8 Å². The van der Waals surface area contributed by atoms with Gasteiger partial charge in [0.25, 0.3) is 5.91 Å². The minimum absolute atomic E-state index is 0.0268. The van der Waals surface area contributed by atoms with Gasteiger partial charge in [0.15, 0.2) is 10.9 Å². The Kier molecular flexibility index (Phi) is 12.0. The molecule has 300 valence electrons. The predicted molar refractivity (Wildman–Crippen MR) is 222 cm³/mol. The van der Waals surface area contributed by atoms with Gasteiger partial charge in [-0.15, -0.1) is 11.3 Å². The largest absolute Gasteiger partial charge is 0.372 e. The fourth-order valence-electron chi connectivity index (χ4n) is 8.54. The molecule has 4 aromatic rings. The molecule has 0 bridgehead atoms. The second kappa shape index (κ2) is 17.5. The molecule has 57 heavy (non-hydrogen) atoms. The highest BCUT2D eigenvalue weighted by Crippen LogP contribution is 2.31. The first kappa shape index (κ1) is 39.2. The van der Waals surface area contributed by atoms with Gasteiger partial charge in [0.1, 0.15) is 5.82 Å². The Hall–Kier alpha value is -4.63. The van der Waals surface area contributed by atoms with E-state index < -0.39 is 5.82 Å². The third-order valence-corrected chi connectivity index (χ3v) is 12.7. The van der Waals surface area contributed by atoms with Crippen LogP contribution < -0.4 is 20.4 Å². The lowest BCUT2D eigenvalue weighted by molar-refractivity contribution is -0.134. The highest BCUT2D eigenvalue weighted by Gasteiger charge is 2.30. The number of pyridine rings is 1. The Morgan fingerprint density at radius 3 is 2.32 bits per heavy atom. The topological polar surface area (TPSA) is 117 Å². The van der Waals surface area contributed by atoms with Crippen molar-refractivity contribution in [3.63, 3.8) is 0 Å². The fourth-order valence-corrected chi connectivity index (χ4v) is 9.35. The molecule has 6 heterocycles. The van der Waals surface area contributed by atoms with Crippen molar-refractivity contribution < 1.29 is 18.8 Å². The van der Waals surface area contributed by atoms with Crippen molar-refractivity contribution in [1.82, 2.24) is 30.0 Å². The molecule has 0 unspecified atom stereocenters. The summed E-state index contributed by atoms with van der Waals surface area (Å²) in [5.74, 6) is -0.197. The maximum absolute atomic E-state index is 14.7. The number of nitrogens with zero attached hydrogens (tertiary/aromatic N) is 7. The monoisotopic (exact) mass is 813 g/mol. The number of aromatic nitrogens is 2. The number of hydrogen-bond donors (Lipinski definition) is 2. The van der Waals surface area contributed by atoms with Crippen LogP contribution in [0.1, 0.15) is 58.8 Å². The normalized spacial score (nSPS) is 20.2. The fraction of sp³-hybridized carbons (Fsp3) is 0.452. The molecule has 1 atom stereocenters. The summed E-state index contributed by atoms with van der Waals surface area (Å²) >= 11 is 7.58. The van der Waals surface area contributed by atoms with E-state index in [0.29, 0.717) is 51.5 Å². The number of aryl methyl sites for hydroxylation is 1. The SMILES string of the molecule is Cc1cc(Cl)c(F)c(C(=O)N2CCN(Cc3cc(N4CCN(CC5CCN(c6ccc([C@H]7CCC(=O)NC7=O)cc6)CC5)CC4)cc(Nc4nccs4)n3)CC2)c1. The number of piperidine rings is 2. The number of carbonyl (C=O) groups excluding carboxylic acids is 3. The average molecular weight is 814 g/mol. The first-order valence-corrected chi connectivity index (χ1v) is 21.2. The predicted octanol–water partition coefficient (Wildman–Crippen LogP) is 5.90. The van der Waals surface area contributed by atoms with Crippen LogP contribution in [-0.4, -0.2) is 114 Å². The molecule has 4 aliphatic heterocycles. The zero-order chi connectivity index (χ0) is 39.5. The molecule has 15 heteroatoms. The Morgan fingerprint density at radius 1 is 0.895 bits per heavy atom. The summed E-state index contributed by atoms with van der Waals surface area (Å²) in [6.07, 6.45) is 5.03. The summed E-state index contributed by atoms with van der Waals surface area (Å²) in [4.78, 5) is 58.0. The van der Waals surface area contributed by atoms with Gasteiger partial charge in [-0.3, -0.25) is 29.5 Å². The van der Waals surface area contributed by atoms with Crippen LogP contribution >= 0.6 is 22.9 Å².